The van der Waals surface area contributed by atoms with E-state index in [2.05, 4.69) is 11.8 Å². The van der Waals surface area contributed by atoms with Gasteiger partial charge in [0.2, 0.25) is 0 Å². The molecule has 0 rings (SSSR count). The van der Waals surface area contributed by atoms with Crippen LogP contribution in [0.3, 0.4) is 0 Å². The number of hydrogen-bond acceptors (Lipinski definition) is 1. The lowest BCUT2D eigenvalue weighted by Gasteiger charge is -2.13. The Morgan fingerprint density at radius 1 is 1.40 bits per heavy atom. The van der Waals surface area contributed by atoms with Crippen molar-refractivity contribution in [2.24, 2.45) is 0 Å². The first-order valence-corrected chi connectivity index (χ1v) is 3.47. The number of carbonyl (C=O) groups excluding carboxylic acids is 1. The van der Waals surface area contributed by atoms with Crippen molar-refractivity contribution < 1.29 is 4.79 Å². The third kappa shape index (κ3) is 2.54. The van der Waals surface area contributed by atoms with E-state index >= 15 is 0 Å². The van der Waals surface area contributed by atoms with E-state index in [1.807, 2.05) is 13.8 Å². The van der Waals surface area contributed by atoms with Gasteiger partial charge < -0.3 is 4.90 Å². The van der Waals surface area contributed by atoms with Crippen LogP contribution in [0.15, 0.2) is 0 Å². The topological polar surface area (TPSA) is 20.3 Å². The van der Waals surface area contributed by atoms with Crippen molar-refractivity contribution >= 4 is 5.91 Å². The van der Waals surface area contributed by atoms with E-state index in [4.69, 9.17) is 0 Å². The van der Waals surface area contributed by atoms with Crippen LogP contribution in [0.1, 0.15) is 20.8 Å². The zero-order chi connectivity index (χ0) is 7.98. The van der Waals surface area contributed by atoms with Crippen molar-refractivity contribution in [2.45, 2.75) is 20.8 Å². The zero-order valence-electron chi connectivity index (χ0n) is 6.77. The van der Waals surface area contributed by atoms with Crippen LogP contribution in [0.5, 0.6) is 0 Å². The highest BCUT2D eigenvalue weighted by atomic mass is 16.2. The highest BCUT2D eigenvalue weighted by molar-refractivity contribution is 5.93. The van der Waals surface area contributed by atoms with Gasteiger partial charge in [-0.25, -0.2) is 0 Å². The van der Waals surface area contributed by atoms with Gasteiger partial charge in [-0.05, 0) is 26.7 Å². The summed E-state index contributed by atoms with van der Waals surface area (Å²) in [5, 5.41) is 0. The summed E-state index contributed by atoms with van der Waals surface area (Å²) in [7, 11) is 0. The van der Waals surface area contributed by atoms with Crippen molar-refractivity contribution in [1.82, 2.24) is 4.90 Å². The Morgan fingerprint density at radius 3 is 2.20 bits per heavy atom. The smallest absolute Gasteiger partial charge is 0.298 e. The summed E-state index contributed by atoms with van der Waals surface area (Å²) in [5.74, 6) is 4.98. The summed E-state index contributed by atoms with van der Waals surface area (Å²) in [4.78, 5) is 12.6. The normalized spacial score (nSPS) is 7.90. The van der Waals surface area contributed by atoms with Gasteiger partial charge in [-0.3, -0.25) is 4.79 Å². The van der Waals surface area contributed by atoms with Crippen LogP contribution in [0.4, 0.5) is 0 Å². The fourth-order valence-electron chi connectivity index (χ4n) is 0.697. The molecule has 0 aliphatic carbocycles. The molecule has 2 nitrogen and oxygen atoms in total. The minimum atomic E-state index is -0.0764. The average Bonchev–Trinajstić information content (AvgIpc) is 1.91. The lowest BCUT2D eigenvalue weighted by Crippen LogP contribution is -2.28. The molecule has 0 radical (unpaired) electrons. The minimum Gasteiger partial charge on any atom is -0.332 e. The van der Waals surface area contributed by atoms with Crippen molar-refractivity contribution in [3.05, 3.63) is 0 Å². The molecular formula is C8H13NO. The Bertz CT molecular complexity index is 160. The van der Waals surface area contributed by atoms with Gasteiger partial charge in [0, 0.05) is 13.1 Å². The van der Waals surface area contributed by atoms with Crippen LogP contribution < -0.4 is 0 Å². The predicted octanol–water partition coefficient (Wildman–Crippen LogP) is 0.878. The van der Waals surface area contributed by atoms with Crippen molar-refractivity contribution in [2.75, 3.05) is 13.1 Å². The Balaban J connectivity index is 3.97. The largest absolute Gasteiger partial charge is 0.332 e. The molecule has 0 bridgehead atoms. The second-order valence-corrected chi connectivity index (χ2v) is 1.85. The van der Waals surface area contributed by atoms with E-state index in [0.717, 1.165) is 13.1 Å². The van der Waals surface area contributed by atoms with Crippen LogP contribution in [0, 0.1) is 11.8 Å². The highest BCUT2D eigenvalue weighted by Crippen LogP contribution is 1.85. The number of rotatable bonds is 2. The fraction of sp³-hybridized carbons (Fsp3) is 0.625. The van der Waals surface area contributed by atoms with Gasteiger partial charge in [-0.1, -0.05) is 5.92 Å². The minimum absolute atomic E-state index is 0.0764. The molecule has 0 aliphatic heterocycles. The third-order valence-corrected chi connectivity index (χ3v) is 1.28. The second kappa shape index (κ2) is 4.87. The zero-order valence-corrected chi connectivity index (χ0v) is 6.77. The van der Waals surface area contributed by atoms with Gasteiger partial charge in [0.05, 0.1) is 0 Å². The van der Waals surface area contributed by atoms with Gasteiger partial charge in [-0.2, -0.15) is 0 Å². The Hall–Kier alpha value is -0.970. The number of amides is 1. The molecule has 10 heavy (non-hydrogen) atoms. The average molecular weight is 139 g/mol. The molecule has 0 aliphatic rings. The maximum absolute atomic E-state index is 11.0. The van der Waals surface area contributed by atoms with E-state index in [1.54, 1.807) is 11.8 Å². The molecule has 0 fully saturated rings. The summed E-state index contributed by atoms with van der Waals surface area (Å²) in [6.07, 6.45) is 0. The lowest BCUT2D eigenvalue weighted by molar-refractivity contribution is -0.124. The van der Waals surface area contributed by atoms with Crippen LogP contribution >= 0.6 is 0 Å². The molecule has 1 amide bonds. The predicted molar refractivity (Wildman–Crippen MR) is 41.4 cm³/mol. The summed E-state index contributed by atoms with van der Waals surface area (Å²) in [6, 6.07) is 0. The van der Waals surface area contributed by atoms with Gasteiger partial charge in [0.1, 0.15) is 0 Å². The molecule has 0 saturated carbocycles. The third-order valence-electron chi connectivity index (χ3n) is 1.28. The van der Waals surface area contributed by atoms with Crippen LogP contribution in [0.25, 0.3) is 0 Å². The maximum Gasteiger partial charge on any atom is 0.298 e. The fourth-order valence-corrected chi connectivity index (χ4v) is 0.697. The van der Waals surface area contributed by atoms with E-state index in [0.29, 0.717) is 0 Å². The number of hydrogen-bond donors (Lipinski definition) is 0. The molecule has 0 unspecified atom stereocenters. The molecule has 0 aromatic heterocycles. The van der Waals surface area contributed by atoms with Gasteiger partial charge >= 0.3 is 0 Å². The quantitative estimate of drug-likeness (QED) is 0.520. The van der Waals surface area contributed by atoms with E-state index < -0.39 is 0 Å². The lowest BCUT2D eigenvalue weighted by atomic mass is 10.4. The molecule has 0 saturated heterocycles. The number of nitrogens with zero attached hydrogens (tertiary/aromatic N) is 1. The monoisotopic (exact) mass is 139 g/mol. The van der Waals surface area contributed by atoms with Gasteiger partial charge in [-0.15, -0.1) is 0 Å². The Morgan fingerprint density at radius 2 is 1.90 bits per heavy atom. The van der Waals surface area contributed by atoms with Gasteiger partial charge in [0.15, 0.2) is 0 Å². The molecule has 0 N–H and O–H groups in total. The molecule has 0 aromatic rings. The molecule has 0 spiro atoms. The summed E-state index contributed by atoms with van der Waals surface area (Å²) in [6.45, 7) is 7.03. The second-order valence-electron chi connectivity index (χ2n) is 1.85. The Kier molecular flexibility index (Phi) is 4.39. The van der Waals surface area contributed by atoms with Crippen molar-refractivity contribution in [3.8, 4) is 11.8 Å². The first-order valence-electron chi connectivity index (χ1n) is 3.47. The summed E-state index contributed by atoms with van der Waals surface area (Å²) >= 11 is 0. The van der Waals surface area contributed by atoms with E-state index in [-0.39, 0.29) is 5.91 Å². The van der Waals surface area contributed by atoms with E-state index in [9.17, 15) is 4.79 Å². The first-order chi connectivity index (χ1) is 4.76. The maximum atomic E-state index is 11.0. The highest BCUT2D eigenvalue weighted by Gasteiger charge is 2.03. The van der Waals surface area contributed by atoms with Crippen molar-refractivity contribution in [3.63, 3.8) is 0 Å². The summed E-state index contributed by atoms with van der Waals surface area (Å²) < 4.78 is 0. The molecule has 0 aromatic carbocycles. The van der Waals surface area contributed by atoms with Crippen LogP contribution in [-0.4, -0.2) is 23.9 Å². The van der Waals surface area contributed by atoms with Crippen LogP contribution in [-0.2, 0) is 4.79 Å². The first kappa shape index (κ1) is 9.03. The standard InChI is InChI=1S/C8H13NO/c1-4-7-8(10)9(5-2)6-3/h5-6H2,1-3H3. The van der Waals surface area contributed by atoms with Crippen molar-refractivity contribution in [1.29, 1.82) is 0 Å². The number of carbonyl (C=O) groups is 1. The molecular weight excluding hydrogens is 126 g/mol. The molecule has 2 heteroatoms. The molecule has 0 heterocycles. The molecule has 0 atom stereocenters. The van der Waals surface area contributed by atoms with E-state index in [1.165, 1.54) is 0 Å². The van der Waals surface area contributed by atoms with Crippen LogP contribution in [0.2, 0.25) is 0 Å². The molecule has 56 valence electrons. The van der Waals surface area contributed by atoms with Gasteiger partial charge in [0.25, 0.3) is 5.91 Å². The summed E-state index contributed by atoms with van der Waals surface area (Å²) in [5.41, 5.74) is 0. The Labute approximate surface area is 62.2 Å². The SMILES string of the molecule is CC#CC(=O)N(CC)CC.